The third-order valence-corrected chi connectivity index (χ3v) is 3.53. The highest BCUT2D eigenvalue weighted by Gasteiger charge is 2.34. The van der Waals surface area contributed by atoms with Crippen LogP contribution < -0.4 is 5.32 Å². The molecule has 0 spiro atoms. The number of piperidine rings is 1. The van der Waals surface area contributed by atoms with Crippen LogP contribution in [0.3, 0.4) is 0 Å². The zero-order valence-corrected chi connectivity index (χ0v) is 7.83. The minimum atomic E-state index is -0.677. The summed E-state index contributed by atoms with van der Waals surface area (Å²) in [7, 11) is 0. The van der Waals surface area contributed by atoms with Gasteiger partial charge in [0.25, 0.3) is 0 Å². The van der Waals surface area contributed by atoms with Crippen molar-refractivity contribution in [3.8, 4) is 0 Å². The molecule has 2 fully saturated rings. The van der Waals surface area contributed by atoms with Crippen LogP contribution in [0.2, 0.25) is 0 Å². The van der Waals surface area contributed by atoms with Crippen LogP contribution in [-0.4, -0.2) is 23.7 Å². The molecular formula is C10H17NO2. The fourth-order valence-corrected chi connectivity index (χ4v) is 2.73. The molecule has 74 valence electrons. The number of hydrogen-bond donors (Lipinski definition) is 2. The van der Waals surface area contributed by atoms with Crippen molar-refractivity contribution >= 4 is 5.97 Å². The fraction of sp³-hybridized carbons (Fsp3) is 0.900. The summed E-state index contributed by atoms with van der Waals surface area (Å²) in [4.78, 5) is 10.8. The van der Waals surface area contributed by atoms with Crippen LogP contribution in [0, 0.1) is 11.8 Å². The van der Waals surface area contributed by atoms with E-state index in [4.69, 9.17) is 5.11 Å². The second-order valence-electron chi connectivity index (χ2n) is 4.34. The zero-order chi connectivity index (χ0) is 9.26. The highest BCUT2D eigenvalue weighted by molar-refractivity contribution is 5.73. The molecule has 1 heterocycles. The molecular weight excluding hydrogens is 166 g/mol. The molecule has 3 heteroatoms. The number of hydrogen-bond acceptors (Lipinski definition) is 2. The van der Waals surface area contributed by atoms with E-state index in [1.54, 1.807) is 0 Å². The Bertz CT molecular complexity index is 205. The van der Waals surface area contributed by atoms with Gasteiger partial charge in [-0.2, -0.15) is 0 Å². The molecule has 1 saturated carbocycles. The van der Waals surface area contributed by atoms with Gasteiger partial charge < -0.3 is 10.4 Å². The van der Waals surface area contributed by atoms with Crippen molar-refractivity contribution in [3.63, 3.8) is 0 Å². The second-order valence-corrected chi connectivity index (χ2v) is 4.34. The molecule has 2 N–H and O–H groups in total. The molecule has 1 aliphatic heterocycles. The van der Waals surface area contributed by atoms with Crippen molar-refractivity contribution in [3.05, 3.63) is 0 Å². The zero-order valence-electron chi connectivity index (χ0n) is 7.83. The summed E-state index contributed by atoms with van der Waals surface area (Å²) in [6.45, 7) is 0.918. The number of carbonyl (C=O) groups is 1. The molecule has 1 unspecified atom stereocenters. The summed E-state index contributed by atoms with van der Waals surface area (Å²) in [5.74, 6) is 0.754. The Morgan fingerprint density at radius 1 is 1.23 bits per heavy atom. The summed E-state index contributed by atoms with van der Waals surface area (Å²) in [6.07, 6.45) is 6.02. The van der Waals surface area contributed by atoms with Crippen LogP contribution in [-0.2, 0) is 4.79 Å². The number of carboxylic acid groups (broad SMARTS) is 1. The largest absolute Gasteiger partial charge is 0.480 e. The summed E-state index contributed by atoms with van der Waals surface area (Å²) in [5.41, 5.74) is 0. The first-order valence-corrected chi connectivity index (χ1v) is 5.23. The van der Waals surface area contributed by atoms with Gasteiger partial charge in [0.15, 0.2) is 0 Å². The van der Waals surface area contributed by atoms with E-state index in [1.165, 1.54) is 25.7 Å². The molecule has 0 aromatic heterocycles. The standard InChI is InChI=1S/C10H17NO2/c12-10(13)9-5-7-3-1-2-4-8(7)6-11-9/h7-9,11H,1-6H2,(H,12,13)/t7-,8?,9-/m0/s1. The molecule has 0 aromatic rings. The van der Waals surface area contributed by atoms with E-state index in [1.807, 2.05) is 0 Å². The van der Waals surface area contributed by atoms with Gasteiger partial charge in [-0.15, -0.1) is 0 Å². The monoisotopic (exact) mass is 183 g/mol. The van der Waals surface area contributed by atoms with Gasteiger partial charge in [0, 0.05) is 0 Å². The highest BCUT2D eigenvalue weighted by Crippen LogP contribution is 2.35. The Labute approximate surface area is 78.5 Å². The van der Waals surface area contributed by atoms with Gasteiger partial charge in [0.05, 0.1) is 0 Å². The quantitative estimate of drug-likeness (QED) is 0.643. The van der Waals surface area contributed by atoms with Crippen LogP contribution in [0.25, 0.3) is 0 Å². The average Bonchev–Trinajstić information content (AvgIpc) is 2.17. The Morgan fingerprint density at radius 2 is 1.92 bits per heavy atom. The van der Waals surface area contributed by atoms with E-state index in [-0.39, 0.29) is 6.04 Å². The molecule has 2 rings (SSSR count). The van der Waals surface area contributed by atoms with Crippen molar-refractivity contribution in [2.75, 3.05) is 6.54 Å². The number of fused-ring (bicyclic) bond motifs is 1. The predicted molar refractivity (Wildman–Crippen MR) is 49.5 cm³/mol. The van der Waals surface area contributed by atoms with Crippen molar-refractivity contribution in [1.82, 2.24) is 5.32 Å². The van der Waals surface area contributed by atoms with Gasteiger partial charge in [-0.25, -0.2) is 0 Å². The Morgan fingerprint density at radius 3 is 2.62 bits per heavy atom. The van der Waals surface area contributed by atoms with Gasteiger partial charge in [0.1, 0.15) is 6.04 Å². The lowest BCUT2D eigenvalue weighted by Gasteiger charge is -2.38. The summed E-state index contributed by atoms with van der Waals surface area (Å²) >= 11 is 0. The number of aliphatic carboxylic acids is 1. The molecule has 13 heavy (non-hydrogen) atoms. The van der Waals surface area contributed by atoms with Crippen molar-refractivity contribution < 1.29 is 9.90 Å². The minimum Gasteiger partial charge on any atom is -0.480 e. The third-order valence-electron chi connectivity index (χ3n) is 3.53. The van der Waals surface area contributed by atoms with E-state index in [2.05, 4.69) is 5.32 Å². The molecule has 2 aliphatic rings. The molecule has 1 aliphatic carbocycles. The number of nitrogens with one attached hydrogen (secondary N) is 1. The summed E-state index contributed by atoms with van der Waals surface area (Å²) in [6, 6.07) is -0.278. The third kappa shape index (κ3) is 1.85. The molecule has 0 aromatic carbocycles. The second kappa shape index (κ2) is 3.66. The van der Waals surface area contributed by atoms with Crippen molar-refractivity contribution in [1.29, 1.82) is 0 Å². The van der Waals surface area contributed by atoms with Gasteiger partial charge >= 0.3 is 5.97 Å². The average molecular weight is 183 g/mol. The van der Waals surface area contributed by atoms with Gasteiger partial charge in [-0.05, 0) is 31.2 Å². The lowest BCUT2D eigenvalue weighted by atomic mass is 9.74. The number of carboxylic acids is 1. The normalized spacial score (nSPS) is 39.5. The SMILES string of the molecule is O=C(O)[C@@H]1C[C@@H]2CCCCC2CN1. The maximum Gasteiger partial charge on any atom is 0.320 e. The van der Waals surface area contributed by atoms with Crippen molar-refractivity contribution in [2.24, 2.45) is 11.8 Å². The maximum absolute atomic E-state index is 10.8. The smallest absolute Gasteiger partial charge is 0.320 e. The van der Waals surface area contributed by atoms with Crippen LogP contribution >= 0.6 is 0 Å². The Balaban J connectivity index is 1.95. The maximum atomic E-state index is 10.8. The van der Waals surface area contributed by atoms with Crippen LogP contribution in [0.4, 0.5) is 0 Å². The van der Waals surface area contributed by atoms with Gasteiger partial charge in [-0.3, -0.25) is 4.79 Å². The molecule has 3 nitrogen and oxygen atoms in total. The number of rotatable bonds is 1. The Hall–Kier alpha value is -0.570. The van der Waals surface area contributed by atoms with E-state index < -0.39 is 5.97 Å². The summed E-state index contributed by atoms with van der Waals surface area (Å²) in [5, 5.41) is 12.0. The first-order valence-electron chi connectivity index (χ1n) is 5.23. The van der Waals surface area contributed by atoms with Gasteiger partial charge in [0.2, 0.25) is 0 Å². The van der Waals surface area contributed by atoms with Crippen LogP contribution in [0.15, 0.2) is 0 Å². The van der Waals surface area contributed by atoms with E-state index in [0.29, 0.717) is 5.92 Å². The highest BCUT2D eigenvalue weighted by atomic mass is 16.4. The van der Waals surface area contributed by atoms with E-state index in [9.17, 15) is 4.79 Å². The van der Waals surface area contributed by atoms with Crippen LogP contribution in [0.5, 0.6) is 0 Å². The summed E-state index contributed by atoms with van der Waals surface area (Å²) < 4.78 is 0. The molecule has 3 atom stereocenters. The lowest BCUT2D eigenvalue weighted by molar-refractivity contribution is -0.141. The van der Waals surface area contributed by atoms with E-state index in [0.717, 1.165) is 18.9 Å². The fourth-order valence-electron chi connectivity index (χ4n) is 2.73. The van der Waals surface area contributed by atoms with E-state index >= 15 is 0 Å². The molecule has 0 bridgehead atoms. The predicted octanol–water partition coefficient (Wildman–Crippen LogP) is 1.24. The molecule has 0 amide bonds. The topological polar surface area (TPSA) is 49.3 Å². The lowest BCUT2D eigenvalue weighted by Crippen LogP contribution is -2.48. The van der Waals surface area contributed by atoms with Gasteiger partial charge in [-0.1, -0.05) is 19.3 Å². The first kappa shape index (κ1) is 9.00. The molecule has 1 saturated heterocycles. The van der Waals surface area contributed by atoms with Crippen LogP contribution in [0.1, 0.15) is 32.1 Å². The Kier molecular flexibility index (Phi) is 2.54. The molecule has 0 radical (unpaired) electrons. The van der Waals surface area contributed by atoms with Crippen molar-refractivity contribution in [2.45, 2.75) is 38.1 Å². The minimum absolute atomic E-state index is 0.278. The first-order chi connectivity index (χ1) is 6.27.